The Morgan fingerprint density at radius 1 is 1.11 bits per heavy atom. The maximum atomic E-state index is 13.1. The molecule has 0 fully saturated rings. The molecule has 0 saturated heterocycles. The van der Waals surface area contributed by atoms with Crippen LogP contribution < -0.4 is 21.7 Å². The smallest absolute Gasteiger partial charge is 0.324 e. The molecule has 11 heteroatoms. The number of nitrogens with zero attached hydrogens (tertiary/aromatic N) is 4. The standard InChI is InChI=1S/C24H26N8O3/c1-14-8-9-26-18(10-14)30-23(35)29-16-6-4-15(5-7-16)19-17(22(34)31-24(2,3)12-33)11-32-20(19)21(25)27-13-28-32/h4-11,13,33H,12H2,1-3H3,(H,31,34)(H2,25,27,28)(H2,26,29,30,35). The van der Waals surface area contributed by atoms with Crippen molar-refractivity contribution in [2.45, 2.75) is 26.3 Å². The highest BCUT2D eigenvalue weighted by atomic mass is 16.3. The summed E-state index contributed by atoms with van der Waals surface area (Å²) < 4.78 is 1.49. The number of fused-ring (bicyclic) bond motifs is 1. The summed E-state index contributed by atoms with van der Waals surface area (Å²) in [5.41, 5.74) is 8.82. The van der Waals surface area contributed by atoms with Crippen LogP contribution in [0.2, 0.25) is 0 Å². The Hall–Kier alpha value is -4.51. The number of anilines is 3. The van der Waals surface area contributed by atoms with E-state index < -0.39 is 17.5 Å². The van der Waals surface area contributed by atoms with Crippen LogP contribution in [0, 0.1) is 6.92 Å². The fraction of sp³-hybridized carbons (Fsp3) is 0.208. The lowest BCUT2D eigenvalue weighted by molar-refractivity contribution is 0.0870. The molecule has 3 heterocycles. The topological polar surface area (TPSA) is 160 Å². The van der Waals surface area contributed by atoms with Gasteiger partial charge in [0, 0.05) is 23.6 Å². The zero-order valence-corrected chi connectivity index (χ0v) is 19.5. The largest absolute Gasteiger partial charge is 0.394 e. The van der Waals surface area contributed by atoms with Crippen molar-refractivity contribution in [3.8, 4) is 11.1 Å². The number of benzene rings is 1. The molecule has 0 radical (unpaired) electrons. The summed E-state index contributed by atoms with van der Waals surface area (Å²) in [4.78, 5) is 33.6. The second-order valence-electron chi connectivity index (χ2n) is 8.73. The summed E-state index contributed by atoms with van der Waals surface area (Å²) in [6.07, 6.45) is 4.49. The van der Waals surface area contributed by atoms with Crippen LogP contribution in [0.3, 0.4) is 0 Å². The maximum absolute atomic E-state index is 13.1. The minimum absolute atomic E-state index is 0.211. The number of aromatic nitrogens is 4. The first-order chi connectivity index (χ1) is 16.7. The van der Waals surface area contributed by atoms with E-state index in [2.05, 4.69) is 31.0 Å². The number of aryl methyl sites for hydroxylation is 1. The molecule has 0 unspecified atom stereocenters. The zero-order chi connectivity index (χ0) is 25.2. The molecule has 4 aromatic rings. The quantitative estimate of drug-likeness (QED) is 0.287. The van der Waals surface area contributed by atoms with Crippen molar-refractivity contribution in [1.29, 1.82) is 0 Å². The number of pyridine rings is 1. The highest BCUT2D eigenvalue weighted by Crippen LogP contribution is 2.33. The number of urea groups is 1. The molecule has 0 bridgehead atoms. The van der Waals surface area contributed by atoms with Gasteiger partial charge in [0.05, 0.1) is 17.7 Å². The number of nitrogens with two attached hydrogens (primary N) is 1. The van der Waals surface area contributed by atoms with Crippen molar-refractivity contribution in [3.63, 3.8) is 0 Å². The van der Waals surface area contributed by atoms with Crippen molar-refractivity contribution >= 4 is 34.8 Å². The van der Waals surface area contributed by atoms with E-state index in [1.807, 2.05) is 13.0 Å². The zero-order valence-electron chi connectivity index (χ0n) is 19.5. The summed E-state index contributed by atoms with van der Waals surface area (Å²) in [7, 11) is 0. The molecule has 4 rings (SSSR count). The van der Waals surface area contributed by atoms with Crippen molar-refractivity contribution < 1.29 is 14.7 Å². The van der Waals surface area contributed by atoms with Gasteiger partial charge in [-0.05, 0) is 56.2 Å². The Labute approximate surface area is 201 Å². The third kappa shape index (κ3) is 5.20. The molecular weight excluding hydrogens is 448 g/mol. The molecule has 0 atom stereocenters. The first-order valence-electron chi connectivity index (χ1n) is 10.8. The van der Waals surface area contributed by atoms with Gasteiger partial charge in [0.15, 0.2) is 5.82 Å². The van der Waals surface area contributed by atoms with E-state index >= 15 is 0 Å². The van der Waals surface area contributed by atoms with Gasteiger partial charge in [0.25, 0.3) is 5.91 Å². The average molecular weight is 475 g/mol. The fourth-order valence-corrected chi connectivity index (χ4v) is 3.52. The summed E-state index contributed by atoms with van der Waals surface area (Å²) in [6, 6.07) is 10.1. The number of nitrogens with one attached hydrogen (secondary N) is 3. The van der Waals surface area contributed by atoms with Gasteiger partial charge in [0.2, 0.25) is 0 Å². The molecule has 0 aliphatic carbocycles. The fourth-order valence-electron chi connectivity index (χ4n) is 3.52. The number of hydrogen-bond donors (Lipinski definition) is 5. The predicted octanol–water partition coefficient (Wildman–Crippen LogP) is 2.83. The molecule has 0 aliphatic heterocycles. The summed E-state index contributed by atoms with van der Waals surface area (Å²) in [5.74, 6) is 0.259. The minimum atomic E-state index is -0.826. The Kier molecular flexibility index (Phi) is 6.34. The highest BCUT2D eigenvalue weighted by Gasteiger charge is 2.26. The molecule has 3 amide bonds. The SMILES string of the molecule is Cc1ccnc(NC(=O)Nc2ccc(-c3c(C(=O)NC(C)(C)CO)cn4ncnc(N)c34)cc2)c1. The monoisotopic (exact) mass is 474 g/mol. The van der Waals surface area contributed by atoms with E-state index in [0.29, 0.717) is 33.7 Å². The molecule has 35 heavy (non-hydrogen) atoms. The van der Waals surface area contributed by atoms with Crippen LogP contribution in [-0.4, -0.2) is 48.8 Å². The lowest BCUT2D eigenvalue weighted by Gasteiger charge is -2.23. The van der Waals surface area contributed by atoms with Gasteiger partial charge in [-0.3, -0.25) is 10.1 Å². The molecule has 3 aromatic heterocycles. The number of aliphatic hydroxyl groups excluding tert-OH is 1. The first-order valence-corrected chi connectivity index (χ1v) is 10.8. The van der Waals surface area contributed by atoms with Gasteiger partial charge in [-0.25, -0.2) is 19.3 Å². The normalized spacial score (nSPS) is 11.3. The lowest BCUT2D eigenvalue weighted by Crippen LogP contribution is -2.46. The minimum Gasteiger partial charge on any atom is -0.394 e. The summed E-state index contributed by atoms with van der Waals surface area (Å²) >= 11 is 0. The second kappa shape index (κ2) is 9.39. The lowest BCUT2D eigenvalue weighted by atomic mass is 10.00. The first kappa shape index (κ1) is 23.6. The van der Waals surface area contributed by atoms with Gasteiger partial charge < -0.3 is 21.5 Å². The Morgan fingerprint density at radius 2 is 1.86 bits per heavy atom. The van der Waals surface area contributed by atoms with Crippen LogP contribution in [0.15, 0.2) is 55.1 Å². The van der Waals surface area contributed by atoms with E-state index in [9.17, 15) is 14.7 Å². The number of carbonyl (C=O) groups excluding carboxylic acids is 2. The molecule has 0 aliphatic rings. The van der Waals surface area contributed by atoms with Crippen molar-refractivity contribution in [3.05, 3.63) is 66.2 Å². The predicted molar refractivity (Wildman–Crippen MR) is 133 cm³/mol. The molecule has 1 aromatic carbocycles. The van der Waals surface area contributed by atoms with Crippen LogP contribution in [0.5, 0.6) is 0 Å². The molecular formula is C24H26N8O3. The van der Waals surface area contributed by atoms with Crippen LogP contribution in [-0.2, 0) is 0 Å². The van der Waals surface area contributed by atoms with Crippen molar-refractivity contribution in [2.24, 2.45) is 0 Å². The molecule has 180 valence electrons. The van der Waals surface area contributed by atoms with E-state index in [1.54, 1.807) is 56.6 Å². The van der Waals surface area contributed by atoms with Gasteiger partial charge in [-0.2, -0.15) is 5.10 Å². The number of aliphatic hydroxyl groups is 1. The van der Waals surface area contributed by atoms with E-state index in [-0.39, 0.29) is 12.4 Å². The Bertz CT molecular complexity index is 1400. The van der Waals surface area contributed by atoms with Gasteiger partial charge in [-0.15, -0.1) is 0 Å². The molecule has 0 spiro atoms. The van der Waals surface area contributed by atoms with Crippen LogP contribution in [0.1, 0.15) is 29.8 Å². The third-order valence-corrected chi connectivity index (χ3v) is 5.28. The van der Waals surface area contributed by atoms with Crippen molar-refractivity contribution in [1.82, 2.24) is 24.9 Å². The average Bonchev–Trinajstić information content (AvgIpc) is 3.20. The van der Waals surface area contributed by atoms with E-state index in [4.69, 9.17) is 5.73 Å². The number of rotatable bonds is 6. The maximum Gasteiger partial charge on any atom is 0.324 e. The second-order valence-corrected chi connectivity index (χ2v) is 8.73. The molecule has 6 N–H and O–H groups in total. The van der Waals surface area contributed by atoms with Crippen LogP contribution in [0.4, 0.5) is 22.1 Å². The van der Waals surface area contributed by atoms with Gasteiger partial charge in [0.1, 0.15) is 17.7 Å². The van der Waals surface area contributed by atoms with E-state index in [1.165, 1.54) is 10.8 Å². The van der Waals surface area contributed by atoms with E-state index in [0.717, 1.165) is 5.56 Å². The number of nitrogen functional groups attached to an aromatic ring is 1. The third-order valence-electron chi connectivity index (χ3n) is 5.28. The van der Waals surface area contributed by atoms with Gasteiger partial charge in [-0.1, -0.05) is 12.1 Å². The number of hydrogen-bond acceptors (Lipinski definition) is 7. The molecule has 11 nitrogen and oxygen atoms in total. The molecule has 0 saturated carbocycles. The highest BCUT2D eigenvalue weighted by molar-refractivity contribution is 6.07. The Balaban J connectivity index is 1.63. The van der Waals surface area contributed by atoms with Crippen molar-refractivity contribution in [2.75, 3.05) is 23.0 Å². The summed E-state index contributed by atoms with van der Waals surface area (Å²) in [5, 5.41) is 22.0. The van der Waals surface area contributed by atoms with Crippen LogP contribution >= 0.6 is 0 Å². The Morgan fingerprint density at radius 3 is 2.54 bits per heavy atom. The summed E-state index contributed by atoms with van der Waals surface area (Å²) in [6.45, 7) is 5.11. The van der Waals surface area contributed by atoms with Gasteiger partial charge >= 0.3 is 6.03 Å². The van der Waals surface area contributed by atoms with Crippen LogP contribution in [0.25, 0.3) is 16.6 Å². The number of carbonyl (C=O) groups is 2. The number of amides is 3.